The number of rotatable bonds is 7. The number of benzene rings is 2. The van der Waals surface area contributed by atoms with Crippen LogP contribution in [0, 0.1) is 6.92 Å². The zero-order chi connectivity index (χ0) is 22.7. The molecule has 32 heavy (non-hydrogen) atoms. The van der Waals surface area contributed by atoms with Gasteiger partial charge in [-0.05, 0) is 43.0 Å². The molecule has 4 rings (SSSR count). The number of pyridine rings is 1. The molecule has 0 saturated carbocycles. The fourth-order valence-corrected chi connectivity index (χ4v) is 3.58. The van der Waals surface area contributed by atoms with Gasteiger partial charge >= 0.3 is 0 Å². The summed E-state index contributed by atoms with van der Waals surface area (Å²) in [4.78, 5) is 17.6. The van der Waals surface area contributed by atoms with Crippen LogP contribution in [0.4, 0.5) is 5.82 Å². The van der Waals surface area contributed by atoms with Crippen LogP contribution in [0.2, 0.25) is 0 Å². The molecule has 0 fully saturated rings. The second-order valence-corrected chi connectivity index (χ2v) is 8.12. The minimum atomic E-state index is -0.312. The van der Waals surface area contributed by atoms with E-state index in [9.17, 15) is 9.90 Å². The Balaban J connectivity index is 1.63. The molecule has 7 heteroatoms. The molecule has 3 N–H and O–H groups in total. The van der Waals surface area contributed by atoms with Crippen LogP contribution >= 0.6 is 0 Å². The zero-order valence-electron chi connectivity index (χ0n) is 18.4. The number of nitrogens with one attached hydrogen (secondary N) is 2. The molecule has 0 aliphatic carbocycles. The fraction of sp³-hybridized carbons (Fsp3) is 0.240. The van der Waals surface area contributed by atoms with E-state index in [-0.39, 0.29) is 24.6 Å². The Morgan fingerprint density at radius 1 is 1.06 bits per heavy atom. The van der Waals surface area contributed by atoms with Crippen molar-refractivity contribution in [2.24, 2.45) is 7.05 Å². The highest BCUT2D eigenvalue weighted by Gasteiger charge is 2.19. The standard InChI is InChI=1S/C25H27N5O2/c1-16-4-6-18(7-5-16)24(22-13-27-30(3)14-22)29-25(32)19-8-9-20-12-26-23(11-21(20)10-19)28-17(2)15-31/h4-14,17,24,31H,15H2,1-3H3,(H,26,28)(H,29,32)/t17-,24-/m0/s1. The van der Waals surface area contributed by atoms with E-state index >= 15 is 0 Å². The molecule has 0 aliphatic rings. The summed E-state index contributed by atoms with van der Waals surface area (Å²) < 4.78 is 1.73. The molecule has 0 saturated heterocycles. The van der Waals surface area contributed by atoms with Gasteiger partial charge in [-0.15, -0.1) is 0 Å². The van der Waals surface area contributed by atoms with Crippen LogP contribution in [-0.2, 0) is 7.05 Å². The SMILES string of the molecule is Cc1ccc([C@H](NC(=O)c2ccc3cnc(N[C@@H](C)CO)cc3c2)c2cnn(C)c2)cc1. The van der Waals surface area contributed by atoms with E-state index < -0.39 is 0 Å². The number of fused-ring (bicyclic) bond motifs is 1. The van der Waals surface area contributed by atoms with Gasteiger partial charge in [0.1, 0.15) is 5.82 Å². The Morgan fingerprint density at radius 3 is 2.53 bits per heavy atom. The number of hydrogen-bond acceptors (Lipinski definition) is 5. The quantitative estimate of drug-likeness (QED) is 0.418. The molecule has 2 atom stereocenters. The van der Waals surface area contributed by atoms with Crippen molar-refractivity contribution in [2.45, 2.75) is 25.9 Å². The molecule has 2 heterocycles. The van der Waals surface area contributed by atoms with E-state index in [1.165, 1.54) is 0 Å². The molecule has 2 aromatic carbocycles. The lowest BCUT2D eigenvalue weighted by molar-refractivity contribution is 0.0943. The lowest BCUT2D eigenvalue weighted by atomic mass is 9.99. The number of aliphatic hydroxyl groups is 1. The maximum absolute atomic E-state index is 13.2. The predicted octanol–water partition coefficient (Wildman–Crippen LogP) is 3.59. The number of carbonyl (C=O) groups is 1. The Morgan fingerprint density at radius 2 is 1.84 bits per heavy atom. The molecular weight excluding hydrogens is 402 g/mol. The van der Waals surface area contributed by atoms with Gasteiger partial charge in [0, 0.05) is 42.0 Å². The van der Waals surface area contributed by atoms with Crippen molar-refractivity contribution in [3.63, 3.8) is 0 Å². The first-order chi connectivity index (χ1) is 15.4. The highest BCUT2D eigenvalue weighted by atomic mass is 16.3. The molecule has 1 amide bonds. The minimum absolute atomic E-state index is 0.0108. The molecule has 164 valence electrons. The number of nitrogens with zero attached hydrogens (tertiary/aromatic N) is 3. The van der Waals surface area contributed by atoms with Crippen LogP contribution in [0.5, 0.6) is 0 Å². The van der Waals surface area contributed by atoms with Crippen molar-refractivity contribution in [2.75, 3.05) is 11.9 Å². The predicted molar refractivity (Wildman–Crippen MR) is 126 cm³/mol. The van der Waals surface area contributed by atoms with Gasteiger partial charge in [-0.1, -0.05) is 35.9 Å². The number of amides is 1. The van der Waals surface area contributed by atoms with Crippen LogP contribution in [-0.4, -0.2) is 38.4 Å². The third-order valence-corrected chi connectivity index (χ3v) is 5.40. The molecule has 0 unspecified atom stereocenters. The van der Waals surface area contributed by atoms with Crippen LogP contribution in [0.25, 0.3) is 10.8 Å². The van der Waals surface area contributed by atoms with Crippen molar-refractivity contribution in [3.05, 3.63) is 89.4 Å². The van der Waals surface area contributed by atoms with Crippen LogP contribution < -0.4 is 10.6 Å². The van der Waals surface area contributed by atoms with Gasteiger partial charge in [-0.25, -0.2) is 4.98 Å². The normalized spacial score (nSPS) is 13.0. The number of carbonyl (C=O) groups excluding carboxylic acids is 1. The van der Waals surface area contributed by atoms with E-state index in [4.69, 9.17) is 0 Å². The summed E-state index contributed by atoms with van der Waals surface area (Å²) in [5, 5.41) is 21.7. The third kappa shape index (κ3) is 4.78. The summed E-state index contributed by atoms with van der Waals surface area (Å²) >= 11 is 0. The number of anilines is 1. The molecule has 4 aromatic rings. The maximum Gasteiger partial charge on any atom is 0.252 e. The number of aryl methyl sites for hydroxylation is 2. The van der Waals surface area contributed by atoms with Crippen LogP contribution in [0.3, 0.4) is 0 Å². The van der Waals surface area contributed by atoms with Crippen molar-refractivity contribution >= 4 is 22.5 Å². The fourth-order valence-electron chi connectivity index (χ4n) is 3.58. The first-order valence-corrected chi connectivity index (χ1v) is 10.6. The second-order valence-electron chi connectivity index (χ2n) is 8.12. The smallest absolute Gasteiger partial charge is 0.252 e. The number of hydrogen-bond donors (Lipinski definition) is 3. The molecular formula is C25H27N5O2. The van der Waals surface area contributed by atoms with Gasteiger partial charge in [0.25, 0.3) is 5.91 Å². The van der Waals surface area contributed by atoms with E-state index in [0.29, 0.717) is 11.4 Å². The van der Waals surface area contributed by atoms with Gasteiger partial charge in [0.2, 0.25) is 0 Å². The summed E-state index contributed by atoms with van der Waals surface area (Å²) in [6, 6.07) is 15.1. The van der Waals surface area contributed by atoms with Gasteiger partial charge in [-0.3, -0.25) is 9.48 Å². The lowest BCUT2D eigenvalue weighted by Gasteiger charge is -2.19. The summed E-state index contributed by atoms with van der Waals surface area (Å²) in [6.07, 6.45) is 5.45. The third-order valence-electron chi connectivity index (χ3n) is 5.40. The monoisotopic (exact) mass is 429 g/mol. The Hall–Kier alpha value is -3.71. The highest BCUT2D eigenvalue weighted by Crippen LogP contribution is 2.24. The second kappa shape index (κ2) is 9.20. The molecule has 2 aromatic heterocycles. The zero-order valence-corrected chi connectivity index (χ0v) is 18.4. The van der Waals surface area contributed by atoms with Crippen LogP contribution in [0.1, 0.15) is 40.0 Å². The van der Waals surface area contributed by atoms with E-state index in [1.54, 1.807) is 23.1 Å². The Labute approximate surface area is 187 Å². The maximum atomic E-state index is 13.2. The average molecular weight is 430 g/mol. The van der Waals surface area contributed by atoms with E-state index in [1.807, 2.05) is 69.6 Å². The lowest BCUT2D eigenvalue weighted by Crippen LogP contribution is -2.29. The topological polar surface area (TPSA) is 92.1 Å². The van der Waals surface area contributed by atoms with Gasteiger partial charge < -0.3 is 15.7 Å². The Bertz CT molecular complexity index is 1230. The van der Waals surface area contributed by atoms with Crippen molar-refractivity contribution in [3.8, 4) is 0 Å². The molecule has 0 spiro atoms. The van der Waals surface area contributed by atoms with E-state index in [0.717, 1.165) is 27.5 Å². The van der Waals surface area contributed by atoms with Gasteiger partial charge in [-0.2, -0.15) is 5.10 Å². The summed E-state index contributed by atoms with van der Waals surface area (Å²) in [6.45, 7) is 3.92. The molecule has 7 nitrogen and oxygen atoms in total. The average Bonchev–Trinajstić information content (AvgIpc) is 3.23. The number of aliphatic hydroxyl groups excluding tert-OH is 1. The van der Waals surface area contributed by atoms with Crippen molar-refractivity contribution < 1.29 is 9.90 Å². The van der Waals surface area contributed by atoms with Gasteiger partial charge in [0.15, 0.2) is 0 Å². The molecule has 0 bridgehead atoms. The Kier molecular flexibility index (Phi) is 6.18. The number of aromatic nitrogens is 3. The van der Waals surface area contributed by atoms with Gasteiger partial charge in [0.05, 0.1) is 18.8 Å². The summed E-state index contributed by atoms with van der Waals surface area (Å²) in [5.41, 5.74) is 3.63. The van der Waals surface area contributed by atoms with E-state index in [2.05, 4.69) is 20.7 Å². The van der Waals surface area contributed by atoms with Crippen LogP contribution in [0.15, 0.2) is 67.1 Å². The minimum Gasteiger partial charge on any atom is -0.394 e. The highest BCUT2D eigenvalue weighted by molar-refractivity contribution is 5.99. The molecule has 0 radical (unpaired) electrons. The summed E-state index contributed by atoms with van der Waals surface area (Å²) in [5.74, 6) is 0.487. The largest absolute Gasteiger partial charge is 0.394 e. The van der Waals surface area contributed by atoms with Crippen molar-refractivity contribution in [1.29, 1.82) is 0 Å². The first-order valence-electron chi connectivity index (χ1n) is 10.6. The first kappa shape index (κ1) is 21.5. The van der Waals surface area contributed by atoms with Crippen molar-refractivity contribution in [1.82, 2.24) is 20.1 Å². The molecule has 0 aliphatic heterocycles. The summed E-state index contributed by atoms with van der Waals surface area (Å²) in [7, 11) is 1.86.